The van der Waals surface area contributed by atoms with Gasteiger partial charge in [-0.2, -0.15) is 10.8 Å². The molecule has 0 heterocycles. The molecule has 0 bridgehead atoms. The Kier molecular flexibility index (Phi) is 11.3. The summed E-state index contributed by atoms with van der Waals surface area (Å²) >= 11 is 0. The monoisotopic (exact) mass is 459 g/mol. The van der Waals surface area contributed by atoms with Crippen molar-refractivity contribution in [3.63, 3.8) is 0 Å². The van der Waals surface area contributed by atoms with Crippen LogP contribution >= 0.6 is 0 Å². The Balaban J connectivity index is 0. The molecule has 0 aliphatic heterocycles. The molecule has 0 aromatic rings. The SMILES string of the molecule is CCCC1=C([Si](C)(C)C2=C(C)C(C)=C(C)C2C)C(C)=[C-]C1.[Cl-].[Cl-].[Zr+3]. The zero-order valence-corrected chi connectivity index (χ0v) is 21.4. The van der Waals surface area contributed by atoms with Gasteiger partial charge in [0.15, 0.2) is 0 Å². The zero-order valence-electron chi connectivity index (χ0n) is 16.5. The molecule has 2 rings (SSSR count). The van der Waals surface area contributed by atoms with Crippen molar-refractivity contribution in [2.75, 3.05) is 0 Å². The first-order valence-corrected chi connectivity index (χ1v) is 11.4. The predicted octanol–water partition coefficient (Wildman–Crippen LogP) is 0.331. The topological polar surface area (TPSA) is 0 Å². The van der Waals surface area contributed by atoms with Gasteiger partial charge in [-0.1, -0.05) is 56.6 Å². The maximum atomic E-state index is 3.63. The van der Waals surface area contributed by atoms with Crippen LogP contribution in [0.25, 0.3) is 0 Å². The summed E-state index contributed by atoms with van der Waals surface area (Å²) in [6.07, 6.45) is 7.21. The summed E-state index contributed by atoms with van der Waals surface area (Å²) in [5, 5.41) is 3.48. The summed E-state index contributed by atoms with van der Waals surface area (Å²) in [7, 11) is -1.59. The number of halogens is 2. The Morgan fingerprint density at radius 1 is 1.04 bits per heavy atom. The van der Waals surface area contributed by atoms with Crippen molar-refractivity contribution in [3.8, 4) is 0 Å². The summed E-state index contributed by atoms with van der Waals surface area (Å²) in [5.41, 5.74) is 7.84. The molecule has 0 saturated heterocycles. The Morgan fingerprint density at radius 3 is 2.00 bits per heavy atom. The van der Waals surface area contributed by atoms with Gasteiger partial charge in [0, 0.05) is 8.07 Å². The Bertz CT molecular complexity index is 595. The zero-order chi connectivity index (χ0) is 15.9. The molecule has 1 atom stereocenters. The van der Waals surface area contributed by atoms with E-state index in [2.05, 4.69) is 60.7 Å². The van der Waals surface area contributed by atoms with Crippen LogP contribution in [0.3, 0.4) is 0 Å². The van der Waals surface area contributed by atoms with Crippen molar-refractivity contribution in [2.45, 2.75) is 73.9 Å². The predicted molar refractivity (Wildman–Crippen MR) is 96.7 cm³/mol. The van der Waals surface area contributed by atoms with E-state index in [1.54, 1.807) is 32.7 Å². The van der Waals surface area contributed by atoms with E-state index >= 15 is 0 Å². The fraction of sp³-hybridized carbons (Fsp3) is 0.600. The van der Waals surface area contributed by atoms with E-state index in [1.807, 2.05) is 0 Å². The molecule has 2 aliphatic rings. The summed E-state index contributed by atoms with van der Waals surface area (Å²) in [4.78, 5) is 0. The molecule has 4 heteroatoms. The average molecular weight is 462 g/mol. The third kappa shape index (κ3) is 4.48. The smallest absolute Gasteiger partial charge is 1.00 e. The molecule has 0 N–H and O–H groups in total. The van der Waals surface area contributed by atoms with Crippen molar-refractivity contribution in [3.05, 3.63) is 44.3 Å². The fourth-order valence-corrected chi connectivity index (χ4v) is 9.43. The van der Waals surface area contributed by atoms with Crippen molar-refractivity contribution >= 4 is 8.07 Å². The third-order valence-corrected chi connectivity index (χ3v) is 9.92. The number of hydrogen-bond acceptors (Lipinski definition) is 0. The minimum Gasteiger partial charge on any atom is -1.00 e. The van der Waals surface area contributed by atoms with E-state index in [-0.39, 0.29) is 51.0 Å². The van der Waals surface area contributed by atoms with Crippen molar-refractivity contribution in [2.24, 2.45) is 5.92 Å². The van der Waals surface area contributed by atoms with E-state index in [4.69, 9.17) is 0 Å². The van der Waals surface area contributed by atoms with Crippen LogP contribution in [-0.2, 0) is 26.2 Å². The van der Waals surface area contributed by atoms with Gasteiger partial charge in [-0.25, -0.2) is 5.57 Å². The molecule has 0 fully saturated rings. The molecule has 0 amide bonds. The van der Waals surface area contributed by atoms with Gasteiger partial charge in [-0.15, -0.1) is 6.42 Å². The molecular formula is C20H31Cl2SiZr. The van der Waals surface area contributed by atoms with Crippen molar-refractivity contribution in [1.82, 2.24) is 0 Å². The first-order chi connectivity index (χ1) is 9.73. The minimum absolute atomic E-state index is 0. The van der Waals surface area contributed by atoms with Gasteiger partial charge in [-0.3, -0.25) is 6.08 Å². The first-order valence-electron chi connectivity index (χ1n) is 8.42. The molecule has 1 radical (unpaired) electrons. The van der Waals surface area contributed by atoms with Crippen LogP contribution in [0.5, 0.6) is 0 Å². The third-order valence-electron chi connectivity index (χ3n) is 5.79. The molecule has 133 valence electrons. The van der Waals surface area contributed by atoms with E-state index in [0.29, 0.717) is 5.92 Å². The second kappa shape index (κ2) is 10.1. The van der Waals surface area contributed by atoms with Crippen LogP contribution < -0.4 is 24.8 Å². The molecular weight excluding hydrogens is 430 g/mol. The summed E-state index contributed by atoms with van der Waals surface area (Å²) < 4.78 is 0. The van der Waals surface area contributed by atoms with Gasteiger partial charge in [0.2, 0.25) is 0 Å². The van der Waals surface area contributed by atoms with Gasteiger partial charge in [0.05, 0.1) is 0 Å². The fourth-order valence-electron chi connectivity index (χ4n) is 4.62. The second-order valence-corrected chi connectivity index (χ2v) is 11.7. The van der Waals surface area contributed by atoms with Gasteiger partial charge in [-0.05, 0) is 38.7 Å². The number of rotatable bonds is 4. The van der Waals surface area contributed by atoms with E-state index in [9.17, 15) is 0 Å². The van der Waals surface area contributed by atoms with Gasteiger partial charge < -0.3 is 24.8 Å². The number of allylic oxidation sites excluding steroid dienone is 8. The largest absolute Gasteiger partial charge is 3.00 e. The molecule has 24 heavy (non-hydrogen) atoms. The Morgan fingerprint density at radius 2 is 1.58 bits per heavy atom. The summed E-state index contributed by atoms with van der Waals surface area (Å²) in [6, 6.07) is 0. The van der Waals surface area contributed by atoms with E-state index in [1.165, 1.54) is 18.4 Å². The van der Waals surface area contributed by atoms with Crippen LogP contribution in [0, 0.1) is 12.0 Å². The maximum absolute atomic E-state index is 3.63. The first kappa shape index (κ1) is 26.9. The molecule has 0 aromatic heterocycles. The van der Waals surface area contributed by atoms with Crippen molar-refractivity contribution < 1.29 is 51.0 Å². The van der Waals surface area contributed by atoms with Crippen LogP contribution in [0.1, 0.15) is 60.8 Å². The minimum atomic E-state index is -1.59. The molecule has 0 aromatic carbocycles. The molecule has 0 nitrogen and oxygen atoms in total. The summed E-state index contributed by atoms with van der Waals surface area (Å²) in [6.45, 7) is 19.1. The standard InChI is InChI=1S/C20H31Si.2ClH.Zr/c1-9-10-18-12-11-13(2)19(18)21(7,8)20-16(5)14(3)15(4)17(20)6;;;/h16H,9-10,12H2,1-8H3;2*1H;/q-1;;;+3/p-2. The second-order valence-electron chi connectivity index (χ2n) is 7.40. The number of hydrogen-bond donors (Lipinski definition) is 0. The van der Waals surface area contributed by atoms with Crippen LogP contribution in [-0.4, -0.2) is 8.07 Å². The van der Waals surface area contributed by atoms with E-state index < -0.39 is 8.07 Å². The Hall–Kier alpha value is 0.640. The maximum Gasteiger partial charge on any atom is 3.00 e. The molecule has 0 saturated carbocycles. The van der Waals surface area contributed by atoms with Crippen LogP contribution in [0.15, 0.2) is 38.3 Å². The van der Waals surface area contributed by atoms with Crippen LogP contribution in [0.4, 0.5) is 0 Å². The van der Waals surface area contributed by atoms with Crippen molar-refractivity contribution in [1.29, 1.82) is 0 Å². The molecule has 1 unspecified atom stereocenters. The Labute approximate surface area is 182 Å². The van der Waals surface area contributed by atoms with Gasteiger partial charge in [0.25, 0.3) is 0 Å². The average Bonchev–Trinajstić information content (AvgIpc) is 2.86. The molecule has 2 aliphatic carbocycles. The van der Waals surface area contributed by atoms with Gasteiger partial charge >= 0.3 is 26.2 Å². The summed E-state index contributed by atoms with van der Waals surface area (Å²) in [5.74, 6) is 0.635. The van der Waals surface area contributed by atoms with E-state index in [0.717, 1.165) is 6.42 Å². The van der Waals surface area contributed by atoms with Crippen LogP contribution in [0.2, 0.25) is 13.1 Å². The molecule has 0 spiro atoms. The van der Waals surface area contributed by atoms with Gasteiger partial charge in [0.1, 0.15) is 0 Å². The quantitative estimate of drug-likeness (QED) is 0.418. The normalized spacial score (nSPS) is 20.7.